The van der Waals surface area contributed by atoms with E-state index < -0.39 is 10.0 Å². The van der Waals surface area contributed by atoms with Crippen LogP contribution in [0, 0.1) is 0 Å². The highest BCUT2D eigenvalue weighted by Gasteiger charge is 2.23. The summed E-state index contributed by atoms with van der Waals surface area (Å²) in [4.78, 5) is 0. The quantitative estimate of drug-likeness (QED) is 0.744. The van der Waals surface area contributed by atoms with Crippen molar-refractivity contribution >= 4 is 48.9 Å². The lowest BCUT2D eigenvalue weighted by Gasteiger charge is -2.15. The zero-order valence-corrected chi connectivity index (χ0v) is 13.9. The minimum Gasteiger partial charge on any atom is -0.396 e. The molecule has 0 fully saturated rings. The molecule has 0 saturated heterocycles. The monoisotopic (exact) mass is 375 g/mol. The fourth-order valence-electron chi connectivity index (χ4n) is 1.35. The molecule has 104 valence electrons. The van der Waals surface area contributed by atoms with Crippen LogP contribution in [0.25, 0.3) is 0 Å². The van der Waals surface area contributed by atoms with E-state index in [0.29, 0.717) is 21.8 Å². The highest BCUT2D eigenvalue weighted by Crippen LogP contribution is 2.35. The minimum absolute atomic E-state index is 0.143. The first-order valence-electron chi connectivity index (χ1n) is 5.41. The molecule has 0 atom stereocenters. The summed E-state index contributed by atoms with van der Waals surface area (Å²) in [6.07, 6.45) is 2.24. The highest BCUT2D eigenvalue weighted by atomic mass is 79.9. The van der Waals surface area contributed by atoms with Gasteiger partial charge in [-0.15, -0.1) is 11.3 Å². The summed E-state index contributed by atoms with van der Waals surface area (Å²) in [5, 5.41) is 9.06. The van der Waals surface area contributed by atoms with Crippen molar-refractivity contribution in [1.29, 1.82) is 0 Å². The van der Waals surface area contributed by atoms with Crippen molar-refractivity contribution in [2.45, 2.75) is 23.5 Å². The molecule has 0 spiro atoms. The van der Waals surface area contributed by atoms with Crippen LogP contribution in [0.5, 0.6) is 0 Å². The van der Waals surface area contributed by atoms with Crippen LogP contribution in [0.1, 0.15) is 19.3 Å². The van der Waals surface area contributed by atoms with Crippen molar-refractivity contribution in [3.05, 3.63) is 14.9 Å². The third-order valence-corrected chi connectivity index (χ3v) is 7.20. The lowest BCUT2D eigenvalue weighted by atomic mass is 10.2. The summed E-state index contributed by atoms with van der Waals surface area (Å²) < 4.78 is 26.5. The first-order chi connectivity index (χ1) is 8.39. The summed E-state index contributed by atoms with van der Waals surface area (Å²) in [6.45, 7) is 0.583. The zero-order valence-electron chi connectivity index (χ0n) is 9.90. The van der Waals surface area contributed by atoms with E-state index in [4.69, 9.17) is 16.7 Å². The summed E-state index contributed by atoms with van der Waals surface area (Å²) in [5.41, 5.74) is 0. The van der Waals surface area contributed by atoms with Crippen molar-refractivity contribution in [2.75, 3.05) is 20.2 Å². The second-order valence-corrected chi connectivity index (χ2v) is 8.85. The first-order valence-corrected chi connectivity index (χ1v) is 8.84. The van der Waals surface area contributed by atoms with Gasteiger partial charge in [0, 0.05) is 20.2 Å². The average Bonchev–Trinajstić information content (AvgIpc) is 2.65. The number of hydrogen-bond donors (Lipinski definition) is 1. The lowest BCUT2D eigenvalue weighted by molar-refractivity contribution is 0.281. The minimum atomic E-state index is -3.45. The molecule has 0 radical (unpaired) electrons. The summed E-state index contributed by atoms with van der Waals surface area (Å²) in [5.74, 6) is 0. The Hall–Kier alpha value is 0.340. The van der Waals surface area contributed by atoms with Crippen LogP contribution in [0.15, 0.2) is 14.1 Å². The second kappa shape index (κ2) is 7.21. The standard InChI is InChI=1S/C10H15BrClNO3S2/c1-13(5-3-2-4-6-14)18(15,16)9-7-8(12)10(11)17-9/h7,14H,2-6H2,1H3. The number of halogens is 2. The topological polar surface area (TPSA) is 57.6 Å². The van der Waals surface area contributed by atoms with E-state index in [2.05, 4.69) is 15.9 Å². The molecule has 0 bridgehead atoms. The van der Waals surface area contributed by atoms with E-state index in [-0.39, 0.29) is 10.8 Å². The van der Waals surface area contributed by atoms with E-state index in [1.165, 1.54) is 10.4 Å². The molecule has 0 aliphatic carbocycles. The summed E-state index contributed by atoms with van der Waals surface area (Å²) in [6, 6.07) is 1.45. The molecule has 1 aromatic rings. The molecule has 0 unspecified atom stereocenters. The molecular formula is C10H15BrClNO3S2. The van der Waals surface area contributed by atoms with E-state index in [1.807, 2.05) is 0 Å². The Labute approximate surface area is 125 Å². The van der Waals surface area contributed by atoms with Gasteiger partial charge in [-0.2, -0.15) is 0 Å². The molecule has 4 nitrogen and oxygen atoms in total. The number of sulfonamides is 1. The Kier molecular flexibility index (Phi) is 6.57. The van der Waals surface area contributed by atoms with Gasteiger partial charge < -0.3 is 5.11 Å². The maximum Gasteiger partial charge on any atom is 0.252 e. The van der Waals surface area contributed by atoms with Crippen LogP contribution >= 0.6 is 38.9 Å². The van der Waals surface area contributed by atoms with E-state index in [0.717, 1.165) is 24.2 Å². The SMILES string of the molecule is CN(CCCCCO)S(=O)(=O)c1cc(Cl)c(Br)s1. The molecule has 0 aromatic carbocycles. The van der Waals surface area contributed by atoms with Crippen molar-refractivity contribution in [3.8, 4) is 0 Å². The van der Waals surface area contributed by atoms with Crippen LogP contribution in [-0.4, -0.2) is 38.0 Å². The number of rotatable bonds is 7. The van der Waals surface area contributed by atoms with E-state index in [9.17, 15) is 8.42 Å². The van der Waals surface area contributed by atoms with Gasteiger partial charge in [0.1, 0.15) is 4.21 Å². The average molecular weight is 377 g/mol. The van der Waals surface area contributed by atoms with Crippen molar-refractivity contribution < 1.29 is 13.5 Å². The maximum absolute atomic E-state index is 12.2. The number of nitrogens with zero attached hydrogens (tertiary/aromatic N) is 1. The van der Waals surface area contributed by atoms with Gasteiger partial charge in [-0.1, -0.05) is 11.6 Å². The Morgan fingerprint density at radius 1 is 1.44 bits per heavy atom. The number of aliphatic hydroxyl groups excluding tert-OH is 1. The molecule has 1 rings (SSSR count). The van der Waals surface area contributed by atoms with Crippen LogP contribution in [0.2, 0.25) is 5.02 Å². The molecule has 1 aromatic heterocycles. The highest BCUT2D eigenvalue weighted by molar-refractivity contribution is 9.11. The number of hydrogen-bond acceptors (Lipinski definition) is 4. The van der Waals surface area contributed by atoms with Crippen molar-refractivity contribution in [2.24, 2.45) is 0 Å². The fraction of sp³-hybridized carbons (Fsp3) is 0.600. The Morgan fingerprint density at radius 3 is 2.61 bits per heavy atom. The summed E-state index contributed by atoms with van der Waals surface area (Å²) >= 11 is 10.2. The van der Waals surface area contributed by atoms with Gasteiger partial charge in [0.25, 0.3) is 10.0 Å². The predicted octanol–water partition coefficient (Wildman–Crippen LogP) is 2.95. The lowest BCUT2D eigenvalue weighted by Crippen LogP contribution is -2.27. The number of aliphatic hydroxyl groups is 1. The second-order valence-electron chi connectivity index (χ2n) is 3.80. The third kappa shape index (κ3) is 4.18. The van der Waals surface area contributed by atoms with Crippen molar-refractivity contribution in [1.82, 2.24) is 4.31 Å². The first kappa shape index (κ1) is 16.4. The van der Waals surface area contributed by atoms with Gasteiger partial charge in [0.15, 0.2) is 0 Å². The van der Waals surface area contributed by atoms with Crippen LogP contribution in [0.4, 0.5) is 0 Å². The van der Waals surface area contributed by atoms with Gasteiger partial charge in [0.05, 0.1) is 8.81 Å². The maximum atomic E-state index is 12.2. The molecule has 0 amide bonds. The molecule has 1 heterocycles. The molecule has 8 heteroatoms. The molecule has 0 aliphatic heterocycles. The van der Waals surface area contributed by atoms with Gasteiger partial charge in [0.2, 0.25) is 0 Å². The Morgan fingerprint density at radius 2 is 2.11 bits per heavy atom. The van der Waals surface area contributed by atoms with Crippen LogP contribution in [-0.2, 0) is 10.0 Å². The van der Waals surface area contributed by atoms with E-state index in [1.54, 1.807) is 7.05 Å². The normalized spacial score (nSPS) is 12.3. The van der Waals surface area contributed by atoms with Gasteiger partial charge >= 0.3 is 0 Å². The number of thiophene rings is 1. The third-order valence-electron chi connectivity index (χ3n) is 2.42. The molecule has 1 N–H and O–H groups in total. The largest absolute Gasteiger partial charge is 0.396 e. The summed E-state index contributed by atoms with van der Waals surface area (Å²) in [7, 11) is -1.90. The number of unbranched alkanes of at least 4 members (excludes halogenated alkanes) is 2. The van der Waals surface area contributed by atoms with E-state index >= 15 is 0 Å². The smallest absolute Gasteiger partial charge is 0.252 e. The van der Waals surface area contributed by atoms with Gasteiger partial charge in [-0.25, -0.2) is 12.7 Å². The molecule has 0 saturated carbocycles. The van der Waals surface area contributed by atoms with Crippen LogP contribution in [0.3, 0.4) is 0 Å². The van der Waals surface area contributed by atoms with Crippen LogP contribution < -0.4 is 0 Å². The molecule has 18 heavy (non-hydrogen) atoms. The predicted molar refractivity (Wildman–Crippen MR) is 77.8 cm³/mol. The van der Waals surface area contributed by atoms with Gasteiger partial charge in [-0.05, 0) is 41.3 Å². The zero-order chi connectivity index (χ0) is 13.8. The Balaban J connectivity index is 2.68. The van der Waals surface area contributed by atoms with Gasteiger partial charge in [-0.3, -0.25) is 0 Å². The molecular weight excluding hydrogens is 362 g/mol. The Bertz CT molecular complexity index is 470. The molecule has 0 aliphatic rings. The fourth-order valence-corrected chi connectivity index (χ4v) is 5.17. The van der Waals surface area contributed by atoms with Crippen molar-refractivity contribution in [3.63, 3.8) is 0 Å².